The zero-order chi connectivity index (χ0) is 22.2. The summed E-state index contributed by atoms with van der Waals surface area (Å²) < 4.78 is 1.97. The van der Waals surface area contributed by atoms with Crippen LogP contribution in [0.4, 0.5) is 5.13 Å². The van der Waals surface area contributed by atoms with E-state index in [-0.39, 0.29) is 5.91 Å². The van der Waals surface area contributed by atoms with Crippen molar-refractivity contribution in [3.8, 4) is 0 Å². The van der Waals surface area contributed by atoms with Gasteiger partial charge in [-0.1, -0.05) is 77.0 Å². The van der Waals surface area contributed by atoms with Gasteiger partial charge in [0.15, 0.2) is 0 Å². The van der Waals surface area contributed by atoms with E-state index in [1.54, 1.807) is 6.21 Å². The SMILES string of the molecule is Cc1ccc(/C=N/N(C(=O)c2sc3ccccc3c2Cl)c2nc3ccc(C)cc3s2)cc1. The molecule has 2 aromatic heterocycles. The summed E-state index contributed by atoms with van der Waals surface area (Å²) in [6.45, 7) is 4.07. The molecule has 1 amide bonds. The lowest BCUT2D eigenvalue weighted by Gasteiger charge is -2.13. The van der Waals surface area contributed by atoms with Crippen molar-refractivity contribution in [2.45, 2.75) is 13.8 Å². The minimum absolute atomic E-state index is 0.296. The average molecular weight is 476 g/mol. The van der Waals surface area contributed by atoms with E-state index in [1.165, 1.54) is 27.7 Å². The first-order valence-corrected chi connectivity index (χ1v) is 12.0. The lowest BCUT2D eigenvalue weighted by molar-refractivity contribution is 0.0992. The van der Waals surface area contributed by atoms with E-state index in [2.05, 4.69) is 16.2 Å². The van der Waals surface area contributed by atoms with E-state index in [9.17, 15) is 4.79 Å². The molecule has 0 spiro atoms. The van der Waals surface area contributed by atoms with Gasteiger partial charge in [-0.05, 0) is 43.2 Å². The van der Waals surface area contributed by atoms with Crippen LogP contribution >= 0.6 is 34.3 Å². The number of hydrogen-bond acceptors (Lipinski definition) is 5. The van der Waals surface area contributed by atoms with Gasteiger partial charge in [0, 0.05) is 10.1 Å². The number of benzene rings is 3. The van der Waals surface area contributed by atoms with Crippen LogP contribution in [0.3, 0.4) is 0 Å². The van der Waals surface area contributed by atoms with Gasteiger partial charge in [0.2, 0.25) is 5.13 Å². The molecule has 0 atom stereocenters. The zero-order valence-electron chi connectivity index (χ0n) is 17.4. The van der Waals surface area contributed by atoms with E-state index in [1.807, 2.05) is 74.5 Å². The predicted octanol–water partition coefficient (Wildman–Crippen LogP) is 7.46. The number of carbonyl (C=O) groups is 1. The predicted molar refractivity (Wildman–Crippen MR) is 137 cm³/mol. The number of carbonyl (C=O) groups excluding carboxylic acids is 1. The van der Waals surface area contributed by atoms with Crippen molar-refractivity contribution in [1.29, 1.82) is 0 Å². The molecule has 5 rings (SSSR count). The quantitative estimate of drug-likeness (QED) is 0.200. The number of fused-ring (bicyclic) bond motifs is 2. The van der Waals surface area contributed by atoms with Crippen molar-refractivity contribution in [2.24, 2.45) is 5.10 Å². The highest BCUT2D eigenvalue weighted by atomic mass is 35.5. The standard InChI is InChI=1S/C25H18ClN3OS2/c1-15-7-10-17(11-8-15)14-27-29(25-28-19-12-9-16(2)13-21(19)32-25)24(30)23-22(26)18-5-3-4-6-20(18)31-23/h3-14H,1-2H3/b27-14+. The Bertz CT molecular complexity index is 1480. The number of hydrazone groups is 1. The van der Waals surface area contributed by atoms with Crippen molar-refractivity contribution >= 4 is 71.8 Å². The highest BCUT2D eigenvalue weighted by molar-refractivity contribution is 7.23. The van der Waals surface area contributed by atoms with Crippen LogP contribution in [0, 0.1) is 13.8 Å². The summed E-state index contributed by atoms with van der Waals surface area (Å²) in [7, 11) is 0. The Morgan fingerprint density at radius 1 is 0.969 bits per heavy atom. The monoisotopic (exact) mass is 475 g/mol. The van der Waals surface area contributed by atoms with Gasteiger partial charge < -0.3 is 0 Å². The van der Waals surface area contributed by atoms with Crippen molar-refractivity contribution in [3.05, 3.63) is 93.3 Å². The van der Waals surface area contributed by atoms with E-state index >= 15 is 0 Å². The smallest absolute Gasteiger partial charge is 0.266 e. The maximum absolute atomic E-state index is 13.7. The lowest BCUT2D eigenvalue weighted by Crippen LogP contribution is -2.25. The fourth-order valence-electron chi connectivity index (χ4n) is 3.32. The molecule has 3 aromatic carbocycles. The minimum Gasteiger partial charge on any atom is -0.266 e. The Kier molecular flexibility index (Phi) is 5.51. The molecule has 0 aliphatic rings. The molecule has 2 heterocycles. The van der Waals surface area contributed by atoms with Crippen LogP contribution in [0.15, 0.2) is 71.8 Å². The third-order valence-corrected chi connectivity index (χ3v) is 7.69. The number of aromatic nitrogens is 1. The van der Waals surface area contributed by atoms with Crippen LogP contribution in [0.5, 0.6) is 0 Å². The summed E-state index contributed by atoms with van der Waals surface area (Å²) in [6, 6.07) is 21.7. The van der Waals surface area contributed by atoms with Gasteiger partial charge in [-0.15, -0.1) is 11.3 Å². The van der Waals surface area contributed by atoms with E-state index in [4.69, 9.17) is 11.6 Å². The molecular weight excluding hydrogens is 458 g/mol. The van der Waals surface area contributed by atoms with Gasteiger partial charge in [0.1, 0.15) is 4.88 Å². The number of rotatable bonds is 4. The molecule has 0 N–H and O–H groups in total. The topological polar surface area (TPSA) is 45.6 Å². The summed E-state index contributed by atoms with van der Waals surface area (Å²) in [5.41, 5.74) is 4.03. The second kappa shape index (κ2) is 8.47. The first-order chi connectivity index (χ1) is 15.5. The molecule has 0 saturated carbocycles. The molecule has 0 aliphatic carbocycles. The number of thiazole rings is 1. The van der Waals surface area contributed by atoms with Crippen molar-refractivity contribution in [2.75, 3.05) is 5.01 Å². The second-order valence-electron chi connectivity index (χ2n) is 7.48. The molecule has 0 bridgehead atoms. The first kappa shape index (κ1) is 20.8. The van der Waals surface area contributed by atoms with E-state index in [0.29, 0.717) is 15.0 Å². The molecule has 0 aliphatic heterocycles. The zero-order valence-corrected chi connectivity index (χ0v) is 19.8. The number of nitrogens with zero attached hydrogens (tertiary/aromatic N) is 3. The van der Waals surface area contributed by atoms with Crippen molar-refractivity contribution in [3.63, 3.8) is 0 Å². The molecule has 158 valence electrons. The summed E-state index contributed by atoms with van der Waals surface area (Å²) in [4.78, 5) is 18.8. The summed E-state index contributed by atoms with van der Waals surface area (Å²) in [5.74, 6) is -0.296. The van der Waals surface area contributed by atoms with Gasteiger partial charge in [0.05, 0.1) is 21.5 Å². The molecule has 0 fully saturated rings. The van der Waals surface area contributed by atoms with Gasteiger partial charge in [-0.3, -0.25) is 4.79 Å². The molecule has 0 unspecified atom stereocenters. The Morgan fingerprint density at radius 3 is 2.50 bits per heavy atom. The Balaban J connectivity index is 1.61. The van der Waals surface area contributed by atoms with Crippen molar-refractivity contribution in [1.82, 2.24) is 4.98 Å². The molecule has 4 nitrogen and oxygen atoms in total. The number of thiophene rings is 1. The first-order valence-electron chi connectivity index (χ1n) is 9.99. The molecule has 0 radical (unpaired) electrons. The average Bonchev–Trinajstić information content (AvgIpc) is 3.36. The third kappa shape index (κ3) is 3.93. The molecule has 0 saturated heterocycles. The third-order valence-electron chi connectivity index (χ3n) is 5.03. The van der Waals surface area contributed by atoms with Crippen LogP contribution in [0.2, 0.25) is 5.02 Å². The molecule has 32 heavy (non-hydrogen) atoms. The van der Waals surface area contributed by atoms with Crippen molar-refractivity contribution < 1.29 is 4.79 Å². The number of anilines is 1. The molecule has 5 aromatic rings. The number of amides is 1. The highest BCUT2D eigenvalue weighted by Crippen LogP contribution is 2.38. The van der Waals surface area contributed by atoms with Crippen LogP contribution in [-0.4, -0.2) is 17.1 Å². The van der Waals surface area contributed by atoms with E-state index < -0.39 is 0 Å². The van der Waals surface area contributed by atoms with Gasteiger partial charge in [-0.25, -0.2) is 4.98 Å². The normalized spacial score (nSPS) is 11.6. The van der Waals surface area contributed by atoms with Crippen LogP contribution in [-0.2, 0) is 0 Å². The van der Waals surface area contributed by atoms with Gasteiger partial charge >= 0.3 is 0 Å². The summed E-state index contributed by atoms with van der Waals surface area (Å²) >= 11 is 9.41. The number of halogens is 1. The number of hydrogen-bond donors (Lipinski definition) is 0. The lowest BCUT2D eigenvalue weighted by atomic mass is 10.2. The van der Waals surface area contributed by atoms with Crippen LogP contribution in [0.25, 0.3) is 20.3 Å². The maximum Gasteiger partial charge on any atom is 0.292 e. The fourth-order valence-corrected chi connectivity index (χ4v) is 5.78. The Morgan fingerprint density at radius 2 is 1.72 bits per heavy atom. The minimum atomic E-state index is -0.296. The fraction of sp³-hybridized carbons (Fsp3) is 0.0800. The van der Waals surface area contributed by atoms with Crippen LogP contribution in [0.1, 0.15) is 26.4 Å². The summed E-state index contributed by atoms with van der Waals surface area (Å²) in [6.07, 6.45) is 1.68. The largest absolute Gasteiger partial charge is 0.292 e. The highest BCUT2D eigenvalue weighted by Gasteiger charge is 2.26. The van der Waals surface area contributed by atoms with Crippen LogP contribution < -0.4 is 5.01 Å². The Labute approximate surface area is 198 Å². The second-order valence-corrected chi connectivity index (χ2v) is 9.92. The maximum atomic E-state index is 13.7. The summed E-state index contributed by atoms with van der Waals surface area (Å²) in [5, 5.41) is 7.73. The van der Waals surface area contributed by atoms with Gasteiger partial charge in [-0.2, -0.15) is 10.1 Å². The molecule has 7 heteroatoms. The number of aryl methyl sites for hydroxylation is 2. The molecular formula is C25H18ClN3OS2. The Hall–Kier alpha value is -3.06. The van der Waals surface area contributed by atoms with E-state index in [0.717, 1.165) is 37.0 Å². The van der Waals surface area contributed by atoms with Gasteiger partial charge in [0.25, 0.3) is 5.91 Å².